The number of thiophene rings is 1. The number of nitrogens with one attached hydrogen (secondary N) is 1. The van der Waals surface area contributed by atoms with E-state index in [1.807, 2.05) is 0 Å². The van der Waals surface area contributed by atoms with Gasteiger partial charge in [-0.1, -0.05) is 11.8 Å². The maximum atomic E-state index is 11.3. The van der Waals surface area contributed by atoms with Crippen molar-refractivity contribution in [2.45, 2.75) is 6.54 Å². The van der Waals surface area contributed by atoms with Crippen LogP contribution in [0.4, 0.5) is 0 Å². The first kappa shape index (κ1) is 14.7. The van der Waals surface area contributed by atoms with Gasteiger partial charge in [0.15, 0.2) is 9.84 Å². The summed E-state index contributed by atoms with van der Waals surface area (Å²) in [6.45, 7) is 0.0815. The van der Waals surface area contributed by atoms with Crippen LogP contribution in [-0.4, -0.2) is 38.0 Å². The van der Waals surface area contributed by atoms with Crippen LogP contribution >= 0.6 is 11.3 Å². The molecular formula is C11H13NO4S2. The fourth-order valence-corrected chi connectivity index (χ4v) is 2.54. The second kappa shape index (κ2) is 6.54. The molecule has 1 rings (SSSR count). The first-order chi connectivity index (χ1) is 8.40. The van der Waals surface area contributed by atoms with Crippen LogP contribution in [0.3, 0.4) is 0 Å². The van der Waals surface area contributed by atoms with Gasteiger partial charge < -0.3 is 10.4 Å². The van der Waals surface area contributed by atoms with Gasteiger partial charge in [0.05, 0.1) is 11.4 Å². The van der Waals surface area contributed by atoms with Crippen molar-refractivity contribution in [3.05, 3.63) is 21.9 Å². The molecule has 0 aliphatic heterocycles. The van der Waals surface area contributed by atoms with Crippen LogP contribution in [0, 0.1) is 11.8 Å². The average Bonchev–Trinajstić information content (AvgIpc) is 2.69. The molecule has 0 unspecified atom stereocenters. The minimum atomic E-state index is -3.29. The number of aliphatic hydroxyl groups is 1. The van der Waals surface area contributed by atoms with Gasteiger partial charge in [0.25, 0.3) is 0 Å². The monoisotopic (exact) mass is 287 g/mol. The van der Waals surface area contributed by atoms with E-state index in [1.165, 1.54) is 11.3 Å². The lowest BCUT2D eigenvalue weighted by molar-refractivity contribution is -0.118. The molecule has 0 atom stereocenters. The second-order valence-corrected chi connectivity index (χ2v) is 6.88. The lowest BCUT2D eigenvalue weighted by Crippen LogP contribution is -2.29. The van der Waals surface area contributed by atoms with Gasteiger partial charge in [-0.2, -0.15) is 0 Å². The predicted molar refractivity (Wildman–Crippen MR) is 69.8 cm³/mol. The van der Waals surface area contributed by atoms with Gasteiger partial charge in [0, 0.05) is 11.1 Å². The summed E-state index contributed by atoms with van der Waals surface area (Å²) >= 11 is 1.38. The number of rotatable bonds is 4. The highest BCUT2D eigenvalue weighted by Gasteiger charge is 2.10. The minimum Gasteiger partial charge on any atom is -0.384 e. The molecule has 1 heterocycles. The number of sulfone groups is 1. The Bertz CT molecular complexity index is 578. The highest BCUT2D eigenvalue weighted by molar-refractivity contribution is 7.91. The molecule has 0 bridgehead atoms. The fraction of sp³-hybridized carbons (Fsp3) is 0.364. The van der Waals surface area contributed by atoms with Crippen molar-refractivity contribution in [3.63, 3.8) is 0 Å². The van der Waals surface area contributed by atoms with E-state index >= 15 is 0 Å². The number of carbonyl (C=O) groups excluding carboxylic acids is 1. The highest BCUT2D eigenvalue weighted by atomic mass is 32.2. The van der Waals surface area contributed by atoms with Gasteiger partial charge in [-0.15, -0.1) is 11.3 Å². The summed E-state index contributed by atoms with van der Waals surface area (Å²) in [4.78, 5) is 12.9. The van der Waals surface area contributed by atoms with E-state index in [4.69, 9.17) is 5.11 Å². The van der Waals surface area contributed by atoms with Gasteiger partial charge in [-0.25, -0.2) is 8.42 Å². The molecule has 0 spiro atoms. The first-order valence-electron chi connectivity index (χ1n) is 5.03. The van der Waals surface area contributed by atoms with Crippen LogP contribution in [-0.2, 0) is 21.2 Å². The molecule has 98 valence electrons. The Morgan fingerprint density at radius 3 is 2.83 bits per heavy atom. The van der Waals surface area contributed by atoms with Gasteiger partial charge in [-0.3, -0.25) is 4.79 Å². The number of hydrogen-bond donors (Lipinski definition) is 2. The predicted octanol–water partition coefficient (Wildman–Crippen LogP) is -0.247. The summed E-state index contributed by atoms with van der Waals surface area (Å²) in [6, 6.07) is 3.58. The molecule has 18 heavy (non-hydrogen) atoms. The molecule has 0 saturated heterocycles. The maximum Gasteiger partial charge on any atom is 0.235 e. The van der Waals surface area contributed by atoms with Gasteiger partial charge >= 0.3 is 0 Å². The van der Waals surface area contributed by atoms with E-state index in [0.717, 1.165) is 16.0 Å². The molecular weight excluding hydrogens is 274 g/mol. The summed E-state index contributed by atoms with van der Waals surface area (Å²) in [5, 5.41) is 11.1. The van der Waals surface area contributed by atoms with Crippen molar-refractivity contribution < 1.29 is 18.3 Å². The zero-order valence-corrected chi connectivity index (χ0v) is 11.4. The molecule has 2 N–H and O–H groups in total. The number of carbonyl (C=O) groups is 1. The lowest BCUT2D eigenvalue weighted by Gasteiger charge is -2.01. The van der Waals surface area contributed by atoms with E-state index in [0.29, 0.717) is 0 Å². The van der Waals surface area contributed by atoms with Gasteiger partial charge in [0.2, 0.25) is 5.91 Å². The third-order valence-corrected chi connectivity index (χ3v) is 3.59. The van der Waals surface area contributed by atoms with Crippen molar-refractivity contribution >= 4 is 27.1 Å². The quantitative estimate of drug-likeness (QED) is 0.748. The zero-order valence-electron chi connectivity index (χ0n) is 9.76. The van der Waals surface area contributed by atoms with E-state index in [-0.39, 0.29) is 13.2 Å². The number of amides is 1. The zero-order chi connectivity index (χ0) is 13.6. The Labute approximate surface area is 110 Å². The van der Waals surface area contributed by atoms with E-state index < -0.39 is 21.5 Å². The van der Waals surface area contributed by atoms with Crippen LogP contribution in [0.25, 0.3) is 0 Å². The van der Waals surface area contributed by atoms with Crippen molar-refractivity contribution in [1.82, 2.24) is 5.32 Å². The second-order valence-electron chi connectivity index (χ2n) is 3.57. The summed E-state index contributed by atoms with van der Waals surface area (Å²) in [5.41, 5.74) is 0. The van der Waals surface area contributed by atoms with Crippen molar-refractivity contribution in [3.8, 4) is 11.8 Å². The third kappa shape index (κ3) is 5.82. The smallest absolute Gasteiger partial charge is 0.235 e. The third-order valence-electron chi connectivity index (χ3n) is 1.81. The molecule has 1 aromatic heterocycles. The van der Waals surface area contributed by atoms with Crippen LogP contribution in [0.5, 0.6) is 0 Å². The summed E-state index contributed by atoms with van der Waals surface area (Å²) in [6.07, 6.45) is 1.01. The van der Waals surface area contributed by atoms with Crippen molar-refractivity contribution in [1.29, 1.82) is 0 Å². The van der Waals surface area contributed by atoms with Crippen molar-refractivity contribution in [2.75, 3.05) is 18.6 Å². The van der Waals surface area contributed by atoms with Crippen LogP contribution in [0.2, 0.25) is 0 Å². The summed E-state index contributed by atoms with van der Waals surface area (Å²) in [7, 11) is -3.29. The molecule has 0 fully saturated rings. The molecule has 0 radical (unpaired) electrons. The van der Waals surface area contributed by atoms with Gasteiger partial charge in [0.1, 0.15) is 12.4 Å². The molecule has 0 aromatic carbocycles. The highest BCUT2D eigenvalue weighted by Crippen LogP contribution is 2.14. The average molecular weight is 287 g/mol. The first-order valence-corrected chi connectivity index (χ1v) is 7.91. The van der Waals surface area contributed by atoms with E-state index in [9.17, 15) is 13.2 Å². The molecule has 5 nitrogen and oxygen atoms in total. The Hall–Kier alpha value is -1.36. The minimum absolute atomic E-state index is 0.196. The van der Waals surface area contributed by atoms with Crippen molar-refractivity contribution in [2.24, 2.45) is 0 Å². The normalized spacial score (nSPS) is 10.6. The maximum absolute atomic E-state index is 11.3. The Kier molecular flexibility index (Phi) is 5.34. The molecule has 0 aliphatic rings. The fourth-order valence-electron chi connectivity index (χ4n) is 1.14. The van der Waals surface area contributed by atoms with Crippen LogP contribution in [0.1, 0.15) is 9.75 Å². The Balaban J connectivity index is 2.49. The molecule has 0 saturated carbocycles. The number of hydrogen-bond acceptors (Lipinski definition) is 5. The lowest BCUT2D eigenvalue weighted by atomic mass is 10.4. The molecule has 1 amide bonds. The largest absolute Gasteiger partial charge is 0.384 e. The molecule has 0 aliphatic carbocycles. The standard InChI is InChI=1S/C11H13NO4S2/c1-18(15,16)8-11(14)12-7-10-5-4-9(17-10)3-2-6-13/h4-5,13H,6-8H2,1H3,(H,12,14). The molecule has 1 aromatic rings. The SMILES string of the molecule is CS(=O)(=O)CC(=O)NCc1ccc(C#CCO)s1. The topological polar surface area (TPSA) is 83.5 Å². The van der Waals surface area contributed by atoms with E-state index in [1.54, 1.807) is 12.1 Å². The van der Waals surface area contributed by atoms with Crippen LogP contribution < -0.4 is 5.32 Å². The van der Waals surface area contributed by atoms with Gasteiger partial charge in [-0.05, 0) is 12.1 Å². The molecule has 7 heteroatoms. The Morgan fingerprint density at radius 1 is 1.50 bits per heavy atom. The summed E-state index contributed by atoms with van der Waals surface area (Å²) < 4.78 is 21.8. The summed E-state index contributed by atoms with van der Waals surface area (Å²) in [5.74, 6) is 4.25. The van der Waals surface area contributed by atoms with Crippen LogP contribution in [0.15, 0.2) is 12.1 Å². The number of aliphatic hydroxyl groups excluding tert-OH is 1. The van der Waals surface area contributed by atoms with E-state index in [2.05, 4.69) is 17.2 Å². The Morgan fingerprint density at radius 2 is 2.22 bits per heavy atom.